The Balaban J connectivity index is 3.35. The van der Waals surface area contributed by atoms with E-state index in [9.17, 15) is 19.8 Å². The second kappa shape index (κ2) is 67.6. The van der Waals surface area contributed by atoms with E-state index in [0.717, 1.165) is 51.4 Å². The van der Waals surface area contributed by atoms with Crippen LogP contribution in [0.3, 0.4) is 0 Å². The lowest BCUT2D eigenvalue weighted by atomic mass is 10.0. The topological polar surface area (TPSA) is 95.9 Å². The Bertz CT molecular complexity index is 1260. The van der Waals surface area contributed by atoms with Crippen molar-refractivity contribution in [2.45, 2.75) is 398 Å². The molecular weight excluding hydrogens is 959 g/mol. The number of aliphatic hydroxyl groups is 2. The van der Waals surface area contributed by atoms with Gasteiger partial charge in [-0.05, 0) is 57.8 Å². The van der Waals surface area contributed by atoms with Crippen molar-refractivity contribution in [1.29, 1.82) is 0 Å². The molecule has 0 aromatic carbocycles. The van der Waals surface area contributed by atoms with Gasteiger partial charge in [-0.25, -0.2) is 0 Å². The number of esters is 1. The maximum Gasteiger partial charge on any atom is 0.305 e. The van der Waals surface area contributed by atoms with Crippen LogP contribution < -0.4 is 5.32 Å². The summed E-state index contributed by atoms with van der Waals surface area (Å²) in [6.07, 6.45) is 86.6. The highest BCUT2D eigenvalue weighted by molar-refractivity contribution is 5.76. The number of allylic oxidation sites excluding steroid dienone is 5. The predicted octanol–water partition coefficient (Wildman–Crippen LogP) is 22.7. The fourth-order valence-electron chi connectivity index (χ4n) is 11.0. The lowest BCUT2D eigenvalue weighted by molar-refractivity contribution is -0.143. The minimum atomic E-state index is -0.842. The number of rotatable bonds is 66. The molecule has 78 heavy (non-hydrogen) atoms. The zero-order valence-corrected chi connectivity index (χ0v) is 52.7. The van der Waals surface area contributed by atoms with Gasteiger partial charge in [0.2, 0.25) is 5.91 Å². The molecule has 0 aliphatic rings. The van der Waals surface area contributed by atoms with E-state index in [2.05, 4.69) is 43.5 Å². The van der Waals surface area contributed by atoms with Crippen molar-refractivity contribution in [3.63, 3.8) is 0 Å². The van der Waals surface area contributed by atoms with E-state index in [-0.39, 0.29) is 18.5 Å². The van der Waals surface area contributed by atoms with Crippen LogP contribution in [0.1, 0.15) is 386 Å². The van der Waals surface area contributed by atoms with E-state index in [0.29, 0.717) is 19.4 Å². The van der Waals surface area contributed by atoms with Gasteiger partial charge in [0.05, 0.1) is 25.4 Å². The molecule has 6 nitrogen and oxygen atoms in total. The number of carbonyl (C=O) groups is 2. The highest BCUT2D eigenvalue weighted by atomic mass is 16.5. The summed E-state index contributed by atoms with van der Waals surface area (Å²) in [4.78, 5) is 24.6. The Kier molecular flexibility index (Phi) is 65.9. The number of hydrogen-bond acceptors (Lipinski definition) is 5. The second-order valence-electron chi connectivity index (χ2n) is 24.2. The number of aliphatic hydroxyl groups excluding tert-OH is 2. The molecule has 0 radical (unpaired) electrons. The van der Waals surface area contributed by atoms with E-state index in [4.69, 9.17) is 4.74 Å². The van der Waals surface area contributed by atoms with Crippen molar-refractivity contribution in [2.75, 3.05) is 13.2 Å². The molecule has 0 saturated carbocycles. The fraction of sp³-hybridized carbons (Fsp3) is 0.889. The van der Waals surface area contributed by atoms with Gasteiger partial charge in [0, 0.05) is 12.8 Å². The molecule has 0 fully saturated rings. The van der Waals surface area contributed by atoms with Crippen molar-refractivity contribution >= 4 is 11.9 Å². The zero-order chi connectivity index (χ0) is 56.4. The standard InChI is InChI=1S/C72H137NO5/c1-3-5-7-9-11-13-15-17-19-34-37-40-44-48-52-56-60-64-70(75)69(68-74)73-71(76)65-61-57-53-49-45-41-38-35-32-30-28-26-24-22-20-21-23-25-27-29-31-33-36-39-43-47-51-55-59-63-67-78-72(77)66-62-58-54-50-46-42-18-16-14-12-10-8-6-4-2/h10,12,16,18,60,64,69-70,74-75H,3-9,11,13-15,17,19-59,61-63,65-68H2,1-2H3,(H,73,76)/b12-10-,18-16-,64-60+. The highest BCUT2D eigenvalue weighted by Gasteiger charge is 2.18. The lowest BCUT2D eigenvalue weighted by Gasteiger charge is -2.20. The molecule has 6 heteroatoms. The van der Waals surface area contributed by atoms with Crippen molar-refractivity contribution < 1.29 is 24.5 Å². The van der Waals surface area contributed by atoms with Crippen molar-refractivity contribution in [3.05, 3.63) is 36.5 Å². The van der Waals surface area contributed by atoms with Crippen LogP contribution in [-0.4, -0.2) is 47.4 Å². The molecule has 0 aromatic heterocycles. The zero-order valence-electron chi connectivity index (χ0n) is 52.7. The van der Waals surface area contributed by atoms with Crippen LogP contribution >= 0.6 is 0 Å². The Morgan fingerprint density at radius 3 is 1.01 bits per heavy atom. The third-order valence-electron chi connectivity index (χ3n) is 16.4. The molecule has 2 unspecified atom stereocenters. The number of carbonyl (C=O) groups excluding carboxylic acids is 2. The quantitative estimate of drug-likeness (QED) is 0.0320. The number of ether oxygens (including phenoxy) is 1. The maximum absolute atomic E-state index is 12.5. The van der Waals surface area contributed by atoms with E-state index in [1.54, 1.807) is 6.08 Å². The predicted molar refractivity (Wildman–Crippen MR) is 343 cm³/mol. The van der Waals surface area contributed by atoms with Gasteiger partial charge in [-0.3, -0.25) is 9.59 Å². The number of nitrogens with one attached hydrogen (secondary N) is 1. The van der Waals surface area contributed by atoms with Crippen LogP contribution in [0, 0.1) is 0 Å². The van der Waals surface area contributed by atoms with E-state index < -0.39 is 12.1 Å². The molecule has 0 bridgehead atoms. The van der Waals surface area contributed by atoms with Gasteiger partial charge in [0.15, 0.2) is 0 Å². The third-order valence-corrected chi connectivity index (χ3v) is 16.4. The van der Waals surface area contributed by atoms with Gasteiger partial charge in [-0.2, -0.15) is 0 Å². The van der Waals surface area contributed by atoms with Crippen LogP contribution in [0.2, 0.25) is 0 Å². The largest absolute Gasteiger partial charge is 0.466 e. The number of hydrogen-bond donors (Lipinski definition) is 3. The summed E-state index contributed by atoms with van der Waals surface area (Å²) in [6.45, 7) is 4.89. The minimum absolute atomic E-state index is 0.00539. The van der Waals surface area contributed by atoms with E-state index >= 15 is 0 Å². The average molecular weight is 1100 g/mol. The monoisotopic (exact) mass is 1100 g/mol. The van der Waals surface area contributed by atoms with Gasteiger partial charge >= 0.3 is 5.97 Å². The van der Waals surface area contributed by atoms with Crippen molar-refractivity contribution in [1.82, 2.24) is 5.32 Å². The molecule has 0 aromatic rings. The van der Waals surface area contributed by atoms with E-state index in [1.807, 2.05) is 6.08 Å². The smallest absolute Gasteiger partial charge is 0.305 e. The summed E-state index contributed by atoms with van der Waals surface area (Å²) < 4.78 is 5.48. The van der Waals surface area contributed by atoms with Crippen LogP contribution in [0.15, 0.2) is 36.5 Å². The van der Waals surface area contributed by atoms with Crippen molar-refractivity contribution in [2.24, 2.45) is 0 Å². The van der Waals surface area contributed by atoms with Gasteiger partial charge in [0.1, 0.15) is 0 Å². The normalized spacial score (nSPS) is 12.7. The lowest BCUT2D eigenvalue weighted by Crippen LogP contribution is -2.45. The summed E-state index contributed by atoms with van der Waals surface area (Å²) in [5.41, 5.74) is 0. The van der Waals surface area contributed by atoms with Crippen LogP contribution in [0.25, 0.3) is 0 Å². The highest BCUT2D eigenvalue weighted by Crippen LogP contribution is 2.19. The number of amides is 1. The average Bonchev–Trinajstić information content (AvgIpc) is 3.44. The molecule has 0 rings (SSSR count). The molecule has 1 amide bonds. The molecule has 0 aliphatic heterocycles. The first-order chi connectivity index (χ1) is 38.5. The van der Waals surface area contributed by atoms with Gasteiger partial charge in [0.25, 0.3) is 0 Å². The van der Waals surface area contributed by atoms with Gasteiger partial charge in [-0.1, -0.05) is 352 Å². The fourth-order valence-corrected chi connectivity index (χ4v) is 11.0. The Labute approximate surface area is 487 Å². The first-order valence-electron chi connectivity index (χ1n) is 35.3. The van der Waals surface area contributed by atoms with Crippen LogP contribution in [-0.2, 0) is 14.3 Å². The first-order valence-corrected chi connectivity index (χ1v) is 35.3. The minimum Gasteiger partial charge on any atom is -0.466 e. The maximum atomic E-state index is 12.5. The summed E-state index contributed by atoms with van der Waals surface area (Å²) in [7, 11) is 0. The Hall–Kier alpha value is -1.92. The second-order valence-corrected chi connectivity index (χ2v) is 24.2. The molecule has 0 saturated heterocycles. The summed E-state index contributed by atoms with van der Waals surface area (Å²) >= 11 is 0. The summed E-state index contributed by atoms with van der Waals surface area (Å²) in [6, 6.07) is -0.625. The molecule has 0 spiro atoms. The molecule has 0 heterocycles. The van der Waals surface area contributed by atoms with Crippen LogP contribution in [0.5, 0.6) is 0 Å². The Morgan fingerprint density at radius 1 is 0.359 bits per heavy atom. The van der Waals surface area contributed by atoms with E-state index in [1.165, 1.54) is 308 Å². The number of unbranched alkanes of at least 4 members (excludes halogenated alkanes) is 51. The van der Waals surface area contributed by atoms with Crippen molar-refractivity contribution in [3.8, 4) is 0 Å². The summed E-state index contributed by atoms with van der Waals surface area (Å²) in [5.74, 6) is -0.0559. The molecule has 460 valence electrons. The molecule has 0 aliphatic carbocycles. The Morgan fingerprint density at radius 2 is 0.654 bits per heavy atom. The third kappa shape index (κ3) is 63.3. The van der Waals surface area contributed by atoms with Crippen LogP contribution in [0.4, 0.5) is 0 Å². The summed E-state index contributed by atoms with van der Waals surface area (Å²) in [5, 5.41) is 23.2. The SMILES string of the molecule is CCCC/C=C\C/C=C\CCCCCCCC(=O)OCCCCCCCCCCCCCCCCCCCCCCCCCCCCCCCCC(=O)NC(CO)C(O)/C=C/CCCCCCCCCCCCCCCCC. The molecular formula is C72H137NO5. The first kappa shape index (κ1) is 76.1. The van der Waals surface area contributed by atoms with Gasteiger partial charge < -0.3 is 20.3 Å². The van der Waals surface area contributed by atoms with Gasteiger partial charge in [-0.15, -0.1) is 0 Å². The molecule has 2 atom stereocenters. The molecule has 3 N–H and O–H groups in total.